The van der Waals surface area contributed by atoms with Gasteiger partial charge in [-0.05, 0) is 54.6 Å². The first-order valence-corrected chi connectivity index (χ1v) is 7.60. The lowest BCUT2D eigenvalue weighted by Crippen LogP contribution is -2.41. The molecule has 0 saturated heterocycles. The van der Waals surface area contributed by atoms with Crippen LogP contribution in [0.4, 0.5) is 5.69 Å². The van der Waals surface area contributed by atoms with Gasteiger partial charge in [0.1, 0.15) is 0 Å². The Morgan fingerprint density at radius 1 is 1.48 bits per heavy atom. The summed E-state index contributed by atoms with van der Waals surface area (Å²) < 4.78 is 2.30. The number of aromatic nitrogens is 2. The molecule has 1 aromatic heterocycles. The molecular formula is C14H16BrN3O3. The predicted molar refractivity (Wildman–Crippen MR) is 82.1 cm³/mol. The summed E-state index contributed by atoms with van der Waals surface area (Å²) in [5.41, 5.74) is 0.120. The molecule has 21 heavy (non-hydrogen) atoms. The normalized spacial score (nSPS) is 22.3. The second-order valence-corrected chi connectivity index (χ2v) is 7.06. The molecule has 0 atom stereocenters. The Labute approximate surface area is 130 Å². The van der Waals surface area contributed by atoms with Gasteiger partial charge < -0.3 is 5.11 Å². The molecule has 6 nitrogen and oxygen atoms in total. The quantitative estimate of drug-likeness (QED) is 0.676. The van der Waals surface area contributed by atoms with E-state index in [1.165, 1.54) is 6.07 Å². The summed E-state index contributed by atoms with van der Waals surface area (Å²) in [5.74, 6) is 0.274. The molecule has 1 aliphatic rings. The van der Waals surface area contributed by atoms with E-state index >= 15 is 0 Å². The molecule has 0 aliphatic heterocycles. The smallest absolute Gasteiger partial charge is 0.284 e. The van der Waals surface area contributed by atoms with E-state index in [2.05, 4.69) is 21.0 Å². The maximum absolute atomic E-state index is 10.9. The van der Waals surface area contributed by atoms with E-state index in [4.69, 9.17) is 0 Å². The first-order chi connectivity index (χ1) is 9.75. The van der Waals surface area contributed by atoms with Gasteiger partial charge in [0.05, 0.1) is 26.6 Å². The van der Waals surface area contributed by atoms with Crippen molar-refractivity contribution in [2.75, 3.05) is 0 Å². The maximum Gasteiger partial charge on any atom is 0.284 e. The van der Waals surface area contributed by atoms with Gasteiger partial charge in [-0.25, -0.2) is 0 Å². The van der Waals surface area contributed by atoms with E-state index in [-0.39, 0.29) is 17.6 Å². The van der Waals surface area contributed by atoms with Gasteiger partial charge in [-0.2, -0.15) is 5.10 Å². The van der Waals surface area contributed by atoms with Gasteiger partial charge in [0.2, 0.25) is 0 Å². The van der Waals surface area contributed by atoms with Crippen LogP contribution in [-0.2, 0) is 0 Å². The van der Waals surface area contributed by atoms with Crippen molar-refractivity contribution in [3.05, 3.63) is 32.9 Å². The highest BCUT2D eigenvalue weighted by Crippen LogP contribution is 2.44. The van der Waals surface area contributed by atoms with Crippen LogP contribution in [0.3, 0.4) is 0 Å². The number of hydrogen-bond donors (Lipinski definition) is 1. The largest absolute Gasteiger partial charge is 0.390 e. The molecule has 112 valence electrons. The highest BCUT2D eigenvalue weighted by molar-refractivity contribution is 9.10. The van der Waals surface area contributed by atoms with Gasteiger partial charge in [-0.1, -0.05) is 0 Å². The van der Waals surface area contributed by atoms with Crippen molar-refractivity contribution >= 4 is 32.5 Å². The number of benzene rings is 1. The van der Waals surface area contributed by atoms with Gasteiger partial charge in [0, 0.05) is 17.6 Å². The summed E-state index contributed by atoms with van der Waals surface area (Å²) >= 11 is 3.21. The van der Waals surface area contributed by atoms with Crippen LogP contribution in [0.2, 0.25) is 0 Å². The monoisotopic (exact) mass is 353 g/mol. The highest BCUT2D eigenvalue weighted by Gasteiger charge is 2.40. The molecular weight excluding hydrogens is 338 g/mol. The van der Waals surface area contributed by atoms with Crippen molar-refractivity contribution < 1.29 is 10.0 Å². The second-order valence-electron chi connectivity index (χ2n) is 6.20. The minimum absolute atomic E-state index is 0.0463. The van der Waals surface area contributed by atoms with Crippen molar-refractivity contribution in [3.8, 4) is 0 Å². The van der Waals surface area contributed by atoms with Crippen LogP contribution < -0.4 is 0 Å². The first-order valence-electron chi connectivity index (χ1n) is 6.81. The summed E-state index contributed by atoms with van der Waals surface area (Å²) in [7, 11) is 0. The zero-order valence-electron chi connectivity index (χ0n) is 11.8. The van der Waals surface area contributed by atoms with Crippen LogP contribution in [0.1, 0.15) is 32.7 Å². The van der Waals surface area contributed by atoms with E-state index in [9.17, 15) is 15.2 Å². The number of aliphatic hydroxyl groups is 1. The lowest BCUT2D eigenvalue weighted by molar-refractivity contribution is -0.385. The first kappa shape index (κ1) is 14.5. The molecule has 1 aliphatic carbocycles. The molecule has 1 N–H and O–H groups in total. The third kappa shape index (κ3) is 2.55. The summed E-state index contributed by atoms with van der Waals surface area (Å²) in [4.78, 5) is 10.5. The molecule has 1 saturated carbocycles. The van der Waals surface area contributed by atoms with E-state index in [0.29, 0.717) is 4.47 Å². The molecule has 0 spiro atoms. The summed E-state index contributed by atoms with van der Waals surface area (Å²) in [6.45, 7) is 3.65. The molecule has 0 bridgehead atoms. The minimum Gasteiger partial charge on any atom is -0.390 e. The van der Waals surface area contributed by atoms with Crippen LogP contribution in [-0.4, -0.2) is 25.4 Å². The minimum atomic E-state index is -0.662. The second kappa shape index (κ2) is 4.78. The van der Waals surface area contributed by atoms with Crippen molar-refractivity contribution in [2.45, 2.75) is 38.3 Å². The zero-order chi connectivity index (χ0) is 15.4. The van der Waals surface area contributed by atoms with Gasteiger partial charge in [-0.15, -0.1) is 0 Å². The molecule has 1 aromatic carbocycles. The van der Waals surface area contributed by atoms with E-state index in [1.807, 2.05) is 24.7 Å². The number of nitro groups is 1. The van der Waals surface area contributed by atoms with Crippen LogP contribution in [0, 0.1) is 16.0 Å². The zero-order valence-corrected chi connectivity index (χ0v) is 13.4. The summed E-state index contributed by atoms with van der Waals surface area (Å²) in [6.07, 6.45) is 3.60. The average molecular weight is 354 g/mol. The fourth-order valence-electron chi connectivity index (χ4n) is 2.76. The topological polar surface area (TPSA) is 81.2 Å². The molecule has 0 amide bonds. The van der Waals surface area contributed by atoms with Gasteiger partial charge >= 0.3 is 0 Å². The maximum atomic E-state index is 10.9. The van der Waals surface area contributed by atoms with E-state index < -0.39 is 10.5 Å². The van der Waals surface area contributed by atoms with Gasteiger partial charge in [-0.3, -0.25) is 14.8 Å². The standard InChI is InChI=1S/C14H16BrN3O3/c1-14(2,19)9-4-10(5-9)17-7-8-3-13(18(20)21)11(15)6-12(8)16-17/h3,6-7,9-10,19H,4-5H2,1-2H3. The predicted octanol–water partition coefficient (Wildman–Crippen LogP) is 3.43. The lowest BCUT2D eigenvalue weighted by Gasteiger charge is -2.42. The lowest BCUT2D eigenvalue weighted by atomic mass is 9.71. The van der Waals surface area contributed by atoms with Crippen molar-refractivity contribution in [3.63, 3.8) is 0 Å². The van der Waals surface area contributed by atoms with Crippen molar-refractivity contribution in [1.82, 2.24) is 9.78 Å². The number of halogens is 1. The molecule has 2 aromatic rings. The number of fused-ring (bicyclic) bond motifs is 1. The Hall–Kier alpha value is -1.47. The number of hydrogen-bond acceptors (Lipinski definition) is 4. The average Bonchev–Trinajstić information content (AvgIpc) is 2.65. The SMILES string of the molecule is CC(C)(O)C1CC(n2cc3cc([N+](=O)[O-])c(Br)cc3n2)C1. The Morgan fingerprint density at radius 3 is 2.71 bits per heavy atom. The Balaban J connectivity index is 1.88. The Kier molecular flexibility index (Phi) is 3.29. The highest BCUT2D eigenvalue weighted by atomic mass is 79.9. The third-order valence-electron chi connectivity index (χ3n) is 4.27. The molecule has 0 unspecified atom stereocenters. The molecule has 7 heteroatoms. The van der Waals surface area contributed by atoms with Crippen molar-refractivity contribution in [2.24, 2.45) is 5.92 Å². The van der Waals surface area contributed by atoms with Crippen molar-refractivity contribution in [1.29, 1.82) is 0 Å². The van der Waals surface area contributed by atoms with Crippen LogP contribution in [0.15, 0.2) is 22.8 Å². The summed E-state index contributed by atoms with van der Waals surface area (Å²) in [6, 6.07) is 3.47. The fraction of sp³-hybridized carbons (Fsp3) is 0.500. The molecule has 1 heterocycles. The Morgan fingerprint density at radius 2 is 2.14 bits per heavy atom. The Bertz CT molecular complexity index is 714. The molecule has 0 radical (unpaired) electrons. The van der Waals surface area contributed by atoms with Crippen LogP contribution >= 0.6 is 15.9 Å². The van der Waals surface area contributed by atoms with Gasteiger partial charge in [0.25, 0.3) is 5.69 Å². The molecule has 1 fully saturated rings. The fourth-order valence-corrected chi connectivity index (χ4v) is 3.24. The van der Waals surface area contributed by atoms with Crippen LogP contribution in [0.5, 0.6) is 0 Å². The van der Waals surface area contributed by atoms with Crippen LogP contribution in [0.25, 0.3) is 10.9 Å². The number of rotatable bonds is 3. The number of nitro benzene ring substituents is 1. The third-order valence-corrected chi connectivity index (χ3v) is 4.91. The van der Waals surface area contributed by atoms with Gasteiger partial charge in [0.15, 0.2) is 0 Å². The molecule has 3 rings (SSSR count). The summed E-state index contributed by atoms with van der Waals surface area (Å²) in [5, 5.41) is 26.2. The van der Waals surface area contributed by atoms with E-state index in [1.54, 1.807) is 6.07 Å². The van der Waals surface area contributed by atoms with E-state index in [0.717, 1.165) is 23.7 Å². The number of nitrogens with zero attached hydrogens (tertiary/aromatic N) is 3.